The van der Waals surface area contributed by atoms with Gasteiger partial charge < -0.3 is 9.15 Å². The number of furan rings is 1. The number of fused-ring (bicyclic) bond motifs is 1. The van der Waals surface area contributed by atoms with Gasteiger partial charge in [0.1, 0.15) is 23.0 Å². The fraction of sp³-hybridized carbons (Fsp3) is 0.0870. The third kappa shape index (κ3) is 4.59. The molecule has 2 aromatic heterocycles. The van der Waals surface area contributed by atoms with E-state index < -0.39 is 4.92 Å². The average molecular weight is 494 g/mol. The second-order valence-corrected chi connectivity index (χ2v) is 8.76. The number of benzene rings is 2. The zero-order valence-electron chi connectivity index (χ0n) is 17.7. The van der Waals surface area contributed by atoms with E-state index in [0.717, 1.165) is 11.1 Å². The summed E-state index contributed by atoms with van der Waals surface area (Å²) in [6.45, 7) is 2.15. The maximum atomic E-state index is 11.1. The molecule has 0 saturated carbocycles. The zero-order valence-corrected chi connectivity index (χ0v) is 19.3. The standard InChI is InChI=1S/C23H16ClN5O4S/c1-14-2-8-17(9-3-14)32-13-21-25-26-23-28(21)27-18(15-4-6-16(24)7-5-15)12-20(34-23)19-10-11-22(33-19)29(30)31/h2-12H,13H2,1H3. The van der Waals surface area contributed by atoms with Crippen LogP contribution in [0.25, 0.3) is 4.91 Å². The molecule has 4 aromatic rings. The van der Waals surface area contributed by atoms with Crippen LogP contribution in [-0.4, -0.2) is 25.5 Å². The van der Waals surface area contributed by atoms with Gasteiger partial charge in [0.15, 0.2) is 5.82 Å². The van der Waals surface area contributed by atoms with Gasteiger partial charge in [-0.15, -0.1) is 10.2 Å². The number of rotatable bonds is 6. The predicted molar refractivity (Wildman–Crippen MR) is 128 cm³/mol. The van der Waals surface area contributed by atoms with Gasteiger partial charge in [-0.3, -0.25) is 10.1 Å². The Morgan fingerprint density at radius 2 is 1.85 bits per heavy atom. The second-order valence-electron chi connectivity index (χ2n) is 7.31. The Kier molecular flexibility index (Phi) is 5.91. The topological polar surface area (TPSA) is 109 Å². The number of nitro groups is 1. The minimum Gasteiger partial charge on any atom is -0.486 e. The molecule has 0 atom stereocenters. The number of nitrogens with zero attached hydrogens (tertiary/aromatic N) is 5. The van der Waals surface area contributed by atoms with Crippen LogP contribution >= 0.6 is 23.4 Å². The maximum absolute atomic E-state index is 11.1. The highest BCUT2D eigenvalue weighted by Crippen LogP contribution is 2.38. The average Bonchev–Trinajstić information content (AvgIpc) is 3.42. The van der Waals surface area contributed by atoms with Gasteiger partial charge in [-0.1, -0.05) is 41.4 Å². The molecular formula is C23H16ClN5O4S. The molecule has 1 aliphatic heterocycles. The third-order valence-electron chi connectivity index (χ3n) is 4.90. The lowest BCUT2D eigenvalue weighted by molar-refractivity contribution is -0.402. The van der Waals surface area contributed by atoms with Gasteiger partial charge in [0, 0.05) is 10.6 Å². The van der Waals surface area contributed by atoms with Crippen LogP contribution in [0.15, 0.2) is 81.4 Å². The Bertz CT molecular complexity index is 1420. The van der Waals surface area contributed by atoms with Crippen LogP contribution < -0.4 is 4.74 Å². The lowest BCUT2D eigenvalue weighted by atomic mass is 10.1. The first-order chi connectivity index (χ1) is 16.5. The number of allylic oxidation sites excluding steroid dienone is 1. The molecule has 1 aliphatic rings. The Hall–Kier alpha value is -3.89. The van der Waals surface area contributed by atoms with Gasteiger partial charge in [0.25, 0.3) is 0 Å². The number of ether oxygens (including phenoxy) is 1. The van der Waals surface area contributed by atoms with E-state index in [1.807, 2.05) is 43.3 Å². The van der Waals surface area contributed by atoms with E-state index in [1.165, 1.54) is 17.8 Å². The third-order valence-corrected chi connectivity index (χ3v) is 6.13. The molecule has 0 bridgehead atoms. The van der Waals surface area contributed by atoms with Crippen molar-refractivity contribution >= 4 is 39.9 Å². The summed E-state index contributed by atoms with van der Waals surface area (Å²) < 4.78 is 12.9. The quantitative estimate of drug-likeness (QED) is 0.249. The van der Waals surface area contributed by atoms with E-state index in [2.05, 4.69) is 10.2 Å². The molecule has 0 N–H and O–H groups in total. The molecule has 170 valence electrons. The summed E-state index contributed by atoms with van der Waals surface area (Å²) in [5.41, 5.74) is 2.50. The molecule has 3 heterocycles. The van der Waals surface area contributed by atoms with Crippen molar-refractivity contribution in [2.24, 2.45) is 5.10 Å². The molecule has 34 heavy (non-hydrogen) atoms. The molecule has 0 radical (unpaired) electrons. The molecule has 0 spiro atoms. The number of hydrogen-bond donors (Lipinski definition) is 0. The van der Waals surface area contributed by atoms with Crippen LogP contribution in [-0.2, 0) is 6.61 Å². The number of halogens is 1. The van der Waals surface area contributed by atoms with Crippen LogP contribution in [0, 0.1) is 17.0 Å². The van der Waals surface area contributed by atoms with Crippen molar-refractivity contribution in [1.82, 2.24) is 14.9 Å². The molecule has 0 aliphatic carbocycles. The minimum atomic E-state index is -0.581. The normalized spacial score (nSPS) is 13.0. The molecular weight excluding hydrogens is 478 g/mol. The highest BCUT2D eigenvalue weighted by Gasteiger charge is 2.24. The number of aromatic nitrogens is 3. The van der Waals surface area contributed by atoms with Crippen LogP contribution in [0.2, 0.25) is 5.02 Å². The molecule has 0 unspecified atom stereocenters. The first-order valence-corrected chi connectivity index (χ1v) is 11.3. The molecule has 0 saturated heterocycles. The van der Waals surface area contributed by atoms with Crippen LogP contribution in [0.5, 0.6) is 5.75 Å². The van der Waals surface area contributed by atoms with Gasteiger partial charge in [0.05, 0.1) is 16.7 Å². The summed E-state index contributed by atoms with van der Waals surface area (Å²) in [5.74, 6) is 1.18. The maximum Gasteiger partial charge on any atom is 0.433 e. The molecule has 5 rings (SSSR count). The highest BCUT2D eigenvalue weighted by molar-refractivity contribution is 8.08. The summed E-state index contributed by atoms with van der Waals surface area (Å²) in [5, 5.41) is 25.4. The largest absolute Gasteiger partial charge is 0.486 e. The van der Waals surface area contributed by atoms with Crippen molar-refractivity contribution in [3.63, 3.8) is 0 Å². The summed E-state index contributed by atoms with van der Waals surface area (Å²) in [7, 11) is 0. The SMILES string of the molecule is Cc1ccc(OCc2nnc3n2N=C(c2ccc(Cl)cc2)C=C(c2ccc([N+](=O)[O-])o2)S3)cc1. The van der Waals surface area contributed by atoms with Crippen molar-refractivity contribution in [2.75, 3.05) is 0 Å². The summed E-state index contributed by atoms with van der Waals surface area (Å²) in [6, 6.07) is 17.7. The molecule has 11 heteroatoms. The van der Waals surface area contributed by atoms with Crippen LogP contribution in [0.1, 0.15) is 22.7 Å². The minimum absolute atomic E-state index is 0.148. The number of aryl methyl sites for hydroxylation is 1. The van der Waals surface area contributed by atoms with E-state index >= 15 is 0 Å². The smallest absolute Gasteiger partial charge is 0.433 e. The van der Waals surface area contributed by atoms with Gasteiger partial charge in [-0.2, -0.15) is 9.78 Å². The van der Waals surface area contributed by atoms with E-state index in [-0.39, 0.29) is 12.5 Å². The van der Waals surface area contributed by atoms with Crippen molar-refractivity contribution in [3.05, 3.63) is 105 Å². The lowest BCUT2D eigenvalue weighted by Crippen LogP contribution is -2.07. The van der Waals surface area contributed by atoms with E-state index in [0.29, 0.717) is 38.1 Å². The number of thioether (sulfide) groups is 1. The molecule has 0 amide bonds. The summed E-state index contributed by atoms with van der Waals surface area (Å²) in [6.07, 6.45) is 1.79. The van der Waals surface area contributed by atoms with Crippen molar-refractivity contribution < 1.29 is 14.1 Å². The fourth-order valence-corrected chi connectivity index (χ4v) is 4.18. The Balaban J connectivity index is 1.52. The predicted octanol–water partition coefficient (Wildman–Crippen LogP) is 5.72. The summed E-state index contributed by atoms with van der Waals surface area (Å²) >= 11 is 7.30. The van der Waals surface area contributed by atoms with E-state index in [4.69, 9.17) is 25.9 Å². The van der Waals surface area contributed by atoms with Crippen LogP contribution in [0.3, 0.4) is 0 Å². The first-order valence-electron chi connectivity index (χ1n) is 10.1. The number of hydrogen-bond acceptors (Lipinski definition) is 8. The van der Waals surface area contributed by atoms with Crippen LogP contribution in [0.4, 0.5) is 5.88 Å². The molecule has 9 nitrogen and oxygen atoms in total. The monoisotopic (exact) mass is 493 g/mol. The van der Waals surface area contributed by atoms with E-state index in [1.54, 1.807) is 29.0 Å². The highest BCUT2D eigenvalue weighted by atomic mass is 35.5. The van der Waals surface area contributed by atoms with Gasteiger partial charge in [-0.25, -0.2) is 0 Å². The van der Waals surface area contributed by atoms with Gasteiger partial charge in [-0.05, 0) is 55.1 Å². The zero-order chi connectivity index (χ0) is 23.7. The molecule has 0 fully saturated rings. The van der Waals surface area contributed by atoms with Crippen molar-refractivity contribution in [2.45, 2.75) is 18.7 Å². The fourth-order valence-electron chi connectivity index (χ4n) is 3.16. The van der Waals surface area contributed by atoms with Gasteiger partial charge in [0.2, 0.25) is 5.16 Å². The molecule has 2 aromatic carbocycles. The summed E-state index contributed by atoms with van der Waals surface area (Å²) in [4.78, 5) is 11.1. The van der Waals surface area contributed by atoms with Crippen molar-refractivity contribution in [1.29, 1.82) is 0 Å². The first kappa shape index (κ1) is 21.9. The second kappa shape index (κ2) is 9.16. The van der Waals surface area contributed by atoms with Crippen molar-refractivity contribution in [3.8, 4) is 5.75 Å². The lowest BCUT2D eigenvalue weighted by Gasteiger charge is -2.07. The Morgan fingerprint density at radius 1 is 1.09 bits per heavy atom. The van der Waals surface area contributed by atoms with E-state index in [9.17, 15) is 10.1 Å². The Labute approximate surface area is 202 Å². The van der Waals surface area contributed by atoms with Gasteiger partial charge >= 0.3 is 5.88 Å². The Morgan fingerprint density at radius 3 is 2.56 bits per heavy atom.